The smallest absolute Gasteiger partial charge is 0.225 e. The van der Waals surface area contributed by atoms with E-state index in [-0.39, 0.29) is 5.91 Å². The third-order valence-electron chi connectivity index (χ3n) is 8.63. The Hall–Kier alpha value is -3.86. The molecule has 232 valence electrons. The maximum atomic E-state index is 12.3. The number of H-pyrrole nitrogens is 1. The Balaban J connectivity index is 1.07. The molecule has 2 saturated heterocycles. The van der Waals surface area contributed by atoms with E-state index in [9.17, 15) is 4.79 Å². The Labute approximate surface area is 263 Å². The van der Waals surface area contributed by atoms with Crippen molar-refractivity contribution in [2.24, 2.45) is 0 Å². The van der Waals surface area contributed by atoms with Crippen LogP contribution in [0.4, 0.5) is 11.4 Å². The van der Waals surface area contributed by atoms with Gasteiger partial charge in [0.25, 0.3) is 0 Å². The lowest BCUT2D eigenvalue weighted by Gasteiger charge is -2.36. The second-order valence-corrected chi connectivity index (χ2v) is 11.9. The number of nitrogens with one attached hydrogen (secondary N) is 2. The number of pyridine rings is 1. The molecule has 44 heavy (non-hydrogen) atoms. The van der Waals surface area contributed by atoms with Gasteiger partial charge in [-0.05, 0) is 54.8 Å². The third-order valence-corrected chi connectivity index (χ3v) is 8.91. The lowest BCUT2D eigenvalue weighted by atomic mass is 10.0. The summed E-state index contributed by atoms with van der Waals surface area (Å²) in [5, 5.41) is 4.27. The topological polar surface area (TPSA) is 98.8 Å². The van der Waals surface area contributed by atoms with Crippen molar-refractivity contribution in [3.05, 3.63) is 65.3 Å². The minimum Gasteiger partial charge on any atom is -0.497 e. The third kappa shape index (κ3) is 6.93. The van der Waals surface area contributed by atoms with E-state index in [4.69, 9.17) is 26.1 Å². The highest BCUT2D eigenvalue weighted by Crippen LogP contribution is 2.33. The molecule has 10 nitrogen and oxygen atoms in total. The molecule has 0 aliphatic carbocycles. The Bertz CT molecular complexity index is 1540. The molecule has 0 bridgehead atoms. The van der Waals surface area contributed by atoms with Crippen LogP contribution in [0.3, 0.4) is 0 Å². The first-order chi connectivity index (χ1) is 21.5. The van der Waals surface area contributed by atoms with E-state index in [0.717, 1.165) is 92.7 Å². The molecule has 2 aliphatic rings. The number of ether oxygens (including phenoxy) is 2. The zero-order chi connectivity index (χ0) is 30.5. The van der Waals surface area contributed by atoms with Gasteiger partial charge in [-0.1, -0.05) is 23.7 Å². The molecule has 2 aliphatic heterocycles. The van der Waals surface area contributed by atoms with Crippen molar-refractivity contribution in [2.45, 2.75) is 31.8 Å². The highest BCUT2D eigenvalue weighted by atomic mass is 35.5. The molecule has 0 saturated carbocycles. The van der Waals surface area contributed by atoms with Crippen LogP contribution in [0.1, 0.15) is 24.8 Å². The number of fused-ring (bicyclic) bond motifs is 1. The van der Waals surface area contributed by atoms with E-state index in [1.54, 1.807) is 20.4 Å². The Morgan fingerprint density at radius 1 is 1.00 bits per heavy atom. The van der Waals surface area contributed by atoms with Gasteiger partial charge in [0.2, 0.25) is 5.91 Å². The lowest BCUT2D eigenvalue weighted by Crippen LogP contribution is -2.49. The molecule has 4 heterocycles. The minimum absolute atomic E-state index is 0.157. The van der Waals surface area contributed by atoms with Gasteiger partial charge in [0.15, 0.2) is 5.65 Å². The van der Waals surface area contributed by atoms with Crippen molar-refractivity contribution < 1.29 is 14.3 Å². The zero-order valence-electron chi connectivity index (χ0n) is 25.4. The normalized spacial score (nSPS) is 16.4. The molecule has 2 N–H and O–H groups in total. The molecule has 2 aromatic heterocycles. The standard InChI is InChI=1S/C33H40ClN7O3/c1-43-20-13-29(42)41-18-16-40(17-19-41)26-7-5-24(6-8-26)32-37-31-30(28(34)21-35-33(31)38-32)36-25-11-14-39(15-12-25)22-23-3-9-27(44-2)10-4-23/h3-10,21,25H,11-20,22H2,1-2H3,(H2,35,36,37,38). The van der Waals surface area contributed by atoms with Gasteiger partial charge in [-0.2, -0.15) is 0 Å². The zero-order valence-corrected chi connectivity index (χ0v) is 26.1. The van der Waals surface area contributed by atoms with Gasteiger partial charge in [-0.15, -0.1) is 0 Å². The number of aromatic amines is 1. The second kappa shape index (κ2) is 13.8. The number of imidazole rings is 1. The van der Waals surface area contributed by atoms with Crippen LogP contribution < -0.4 is 15.0 Å². The van der Waals surface area contributed by atoms with Gasteiger partial charge in [-0.3, -0.25) is 9.69 Å². The average molecular weight is 618 g/mol. The van der Waals surface area contributed by atoms with Crippen LogP contribution in [0.15, 0.2) is 54.7 Å². The predicted octanol–water partition coefficient (Wildman–Crippen LogP) is 5.05. The molecule has 6 rings (SSSR count). The first-order valence-corrected chi connectivity index (χ1v) is 15.7. The summed E-state index contributed by atoms with van der Waals surface area (Å²) in [6.45, 7) is 6.46. The average Bonchev–Trinajstić information content (AvgIpc) is 3.51. The number of hydrogen-bond acceptors (Lipinski definition) is 8. The molecule has 2 fully saturated rings. The number of nitrogens with zero attached hydrogens (tertiary/aromatic N) is 5. The van der Waals surface area contributed by atoms with E-state index >= 15 is 0 Å². The number of piperidine rings is 1. The van der Waals surface area contributed by atoms with Crippen LogP contribution in [0.5, 0.6) is 5.75 Å². The summed E-state index contributed by atoms with van der Waals surface area (Å²) in [4.78, 5) is 31.9. The summed E-state index contributed by atoms with van der Waals surface area (Å²) in [5.41, 5.74) is 5.71. The SMILES string of the molecule is COCCC(=O)N1CCN(c2ccc(-c3nc4c(NC5CCN(Cc6ccc(OC)cc6)CC5)c(Cl)cnc4[nH]3)cc2)CC1. The van der Waals surface area contributed by atoms with Crippen LogP contribution >= 0.6 is 11.6 Å². The van der Waals surface area contributed by atoms with Crippen molar-refractivity contribution in [3.63, 3.8) is 0 Å². The monoisotopic (exact) mass is 617 g/mol. The summed E-state index contributed by atoms with van der Waals surface area (Å²) in [6.07, 6.45) is 4.16. The summed E-state index contributed by atoms with van der Waals surface area (Å²) in [5.74, 6) is 1.80. The van der Waals surface area contributed by atoms with Crippen LogP contribution in [-0.4, -0.2) is 96.8 Å². The van der Waals surface area contributed by atoms with Gasteiger partial charge in [-0.25, -0.2) is 9.97 Å². The molecular formula is C33H40ClN7O3. The quantitative estimate of drug-likeness (QED) is 0.255. The van der Waals surface area contributed by atoms with Gasteiger partial charge >= 0.3 is 0 Å². The molecule has 1 amide bonds. The Kier molecular flexibility index (Phi) is 9.49. The fourth-order valence-electron chi connectivity index (χ4n) is 6.03. The van der Waals surface area contributed by atoms with E-state index < -0.39 is 0 Å². The highest BCUT2D eigenvalue weighted by Gasteiger charge is 2.23. The lowest BCUT2D eigenvalue weighted by molar-refractivity contribution is -0.132. The van der Waals surface area contributed by atoms with Gasteiger partial charge < -0.3 is 29.6 Å². The summed E-state index contributed by atoms with van der Waals surface area (Å²) >= 11 is 6.66. The molecule has 0 atom stereocenters. The Morgan fingerprint density at radius 2 is 1.73 bits per heavy atom. The summed E-state index contributed by atoms with van der Waals surface area (Å²) in [6, 6.07) is 17.0. The number of anilines is 2. The maximum Gasteiger partial charge on any atom is 0.225 e. The number of rotatable bonds is 10. The van der Waals surface area contributed by atoms with Crippen molar-refractivity contribution in [1.82, 2.24) is 24.8 Å². The number of piperazine rings is 1. The van der Waals surface area contributed by atoms with Crippen molar-refractivity contribution in [3.8, 4) is 17.1 Å². The number of halogens is 1. The molecule has 2 aromatic carbocycles. The summed E-state index contributed by atoms with van der Waals surface area (Å²) < 4.78 is 10.3. The molecule has 0 radical (unpaired) electrons. The van der Waals surface area contributed by atoms with Gasteiger partial charge in [0.1, 0.15) is 17.1 Å². The van der Waals surface area contributed by atoms with Crippen LogP contribution in [0, 0.1) is 0 Å². The predicted molar refractivity (Wildman–Crippen MR) is 175 cm³/mol. The van der Waals surface area contributed by atoms with Crippen LogP contribution in [-0.2, 0) is 16.1 Å². The Morgan fingerprint density at radius 3 is 2.41 bits per heavy atom. The number of carbonyl (C=O) groups excluding carboxylic acids is 1. The molecule has 0 unspecified atom stereocenters. The van der Waals surface area contributed by atoms with E-state index in [2.05, 4.69) is 61.5 Å². The first kappa shape index (κ1) is 30.2. The van der Waals surface area contributed by atoms with Crippen LogP contribution in [0.25, 0.3) is 22.6 Å². The van der Waals surface area contributed by atoms with E-state index in [0.29, 0.717) is 29.7 Å². The van der Waals surface area contributed by atoms with Gasteiger partial charge in [0, 0.05) is 70.2 Å². The number of likely N-dealkylation sites (tertiary alicyclic amines) is 1. The largest absolute Gasteiger partial charge is 0.497 e. The van der Waals surface area contributed by atoms with Crippen molar-refractivity contribution >= 4 is 40.0 Å². The van der Waals surface area contributed by atoms with E-state index in [1.807, 2.05) is 17.0 Å². The summed E-state index contributed by atoms with van der Waals surface area (Å²) in [7, 11) is 3.32. The second-order valence-electron chi connectivity index (χ2n) is 11.5. The molecule has 4 aromatic rings. The number of carbonyl (C=O) groups is 1. The number of hydrogen-bond donors (Lipinski definition) is 2. The highest BCUT2D eigenvalue weighted by molar-refractivity contribution is 6.34. The van der Waals surface area contributed by atoms with E-state index in [1.165, 1.54) is 5.56 Å². The first-order valence-electron chi connectivity index (χ1n) is 15.3. The number of aromatic nitrogens is 3. The molecule has 0 spiro atoms. The van der Waals surface area contributed by atoms with Crippen molar-refractivity contribution in [1.29, 1.82) is 0 Å². The fraction of sp³-hybridized carbons (Fsp3) is 0.424. The fourth-order valence-corrected chi connectivity index (χ4v) is 6.22. The molecule has 11 heteroatoms. The van der Waals surface area contributed by atoms with Crippen molar-refractivity contribution in [2.75, 3.05) is 70.3 Å². The van der Waals surface area contributed by atoms with Crippen LogP contribution in [0.2, 0.25) is 5.02 Å². The molecular weight excluding hydrogens is 578 g/mol. The minimum atomic E-state index is 0.157. The number of benzene rings is 2. The number of methoxy groups -OCH3 is 2. The van der Waals surface area contributed by atoms with Gasteiger partial charge in [0.05, 0.1) is 37.0 Å². The maximum absolute atomic E-state index is 12.3. The number of amides is 1.